The lowest BCUT2D eigenvalue weighted by atomic mass is 10.1. The molecule has 25 heavy (non-hydrogen) atoms. The van der Waals surface area contributed by atoms with Crippen LogP contribution in [0.2, 0.25) is 0 Å². The second-order valence-corrected chi connectivity index (χ2v) is 6.35. The Morgan fingerprint density at radius 1 is 1.08 bits per heavy atom. The maximum Gasteiger partial charge on any atom is 0.270 e. The van der Waals surface area contributed by atoms with Crippen LogP contribution < -0.4 is 10.2 Å². The number of hydrogen-bond donors (Lipinski definition) is 1. The standard InChI is InChI=1S/C20H28N4O/c1-5-10-24(11-6-2)20-22-16(4)13-18(23-20)19(25)21-14-17-9-7-8-15(3)12-17/h7-9,12-13H,5-6,10-11,14H2,1-4H3,(H,21,25). The van der Waals surface area contributed by atoms with Gasteiger partial charge in [-0.1, -0.05) is 43.7 Å². The fourth-order valence-corrected chi connectivity index (χ4v) is 2.76. The molecule has 1 heterocycles. The van der Waals surface area contributed by atoms with Gasteiger partial charge in [0, 0.05) is 25.3 Å². The topological polar surface area (TPSA) is 58.1 Å². The molecule has 5 nitrogen and oxygen atoms in total. The SMILES string of the molecule is CCCN(CCC)c1nc(C)cc(C(=O)NCc2cccc(C)c2)n1. The summed E-state index contributed by atoms with van der Waals surface area (Å²) in [6, 6.07) is 9.86. The molecule has 0 atom stereocenters. The number of carbonyl (C=O) groups is 1. The highest BCUT2D eigenvalue weighted by molar-refractivity contribution is 5.92. The number of nitrogens with one attached hydrogen (secondary N) is 1. The maximum absolute atomic E-state index is 12.5. The van der Waals surface area contributed by atoms with Crippen molar-refractivity contribution in [2.75, 3.05) is 18.0 Å². The van der Waals surface area contributed by atoms with Crippen LogP contribution in [0.3, 0.4) is 0 Å². The summed E-state index contributed by atoms with van der Waals surface area (Å²) in [4.78, 5) is 23.7. The average molecular weight is 340 g/mol. The van der Waals surface area contributed by atoms with E-state index < -0.39 is 0 Å². The minimum absolute atomic E-state index is 0.166. The van der Waals surface area contributed by atoms with Crippen LogP contribution in [-0.2, 0) is 6.54 Å². The Morgan fingerprint density at radius 3 is 2.44 bits per heavy atom. The average Bonchev–Trinajstić information content (AvgIpc) is 2.59. The van der Waals surface area contributed by atoms with Crippen molar-refractivity contribution in [1.29, 1.82) is 0 Å². The number of amides is 1. The summed E-state index contributed by atoms with van der Waals surface area (Å²) in [7, 11) is 0. The zero-order valence-corrected chi connectivity index (χ0v) is 15.7. The number of nitrogens with zero attached hydrogens (tertiary/aromatic N) is 3. The molecular weight excluding hydrogens is 312 g/mol. The predicted molar refractivity (Wildman–Crippen MR) is 102 cm³/mol. The van der Waals surface area contributed by atoms with Crippen molar-refractivity contribution in [3.05, 3.63) is 52.8 Å². The molecular formula is C20H28N4O. The summed E-state index contributed by atoms with van der Waals surface area (Å²) in [5.74, 6) is 0.477. The molecule has 1 N–H and O–H groups in total. The lowest BCUT2D eigenvalue weighted by molar-refractivity contribution is 0.0945. The van der Waals surface area contributed by atoms with Crippen molar-refractivity contribution in [2.45, 2.75) is 47.1 Å². The molecule has 5 heteroatoms. The third-order valence-corrected chi connectivity index (χ3v) is 3.88. The van der Waals surface area contributed by atoms with Gasteiger partial charge in [-0.15, -0.1) is 0 Å². The molecule has 1 aromatic heterocycles. The van der Waals surface area contributed by atoms with Gasteiger partial charge in [0.05, 0.1) is 0 Å². The second kappa shape index (κ2) is 9.16. The summed E-state index contributed by atoms with van der Waals surface area (Å²) in [6.45, 7) is 10.5. The first-order chi connectivity index (χ1) is 12.0. The van der Waals surface area contributed by atoms with E-state index in [0.717, 1.165) is 37.2 Å². The van der Waals surface area contributed by atoms with Crippen molar-refractivity contribution in [2.24, 2.45) is 0 Å². The highest BCUT2D eigenvalue weighted by Gasteiger charge is 2.14. The van der Waals surface area contributed by atoms with Gasteiger partial charge in [-0.05, 0) is 38.3 Å². The van der Waals surface area contributed by atoms with Gasteiger partial charge >= 0.3 is 0 Å². The van der Waals surface area contributed by atoms with E-state index in [4.69, 9.17) is 0 Å². The molecule has 0 radical (unpaired) electrons. The molecule has 0 aliphatic heterocycles. The predicted octanol–water partition coefficient (Wildman–Crippen LogP) is 3.65. The first-order valence-electron chi connectivity index (χ1n) is 8.97. The van der Waals surface area contributed by atoms with Crippen LogP contribution in [0.15, 0.2) is 30.3 Å². The van der Waals surface area contributed by atoms with Crippen LogP contribution in [0.5, 0.6) is 0 Å². The monoisotopic (exact) mass is 340 g/mol. The lowest BCUT2D eigenvalue weighted by Crippen LogP contribution is -2.29. The van der Waals surface area contributed by atoms with E-state index >= 15 is 0 Å². The van der Waals surface area contributed by atoms with Crippen LogP contribution in [0, 0.1) is 13.8 Å². The molecule has 0 unspecified atom stereocenters. The van der Waals surface area contributed by atoms with E-state index in [1.165, 1.54) is 5.56 Å². The van der Waals surface area contributed by atoms with E-state index in [2.05, 4.69) is 40.1 Å². The summed E-state index contributed by atoms with van der Waals surface area (Å²) >= 11 is 0. The third-order valence-electron chi connectivity index (χ3n) is 3.88. The Balaban J connectivity index is 2.13. The first-order valence-corrected chi connectivity index (χ1v) is 8.97. The molecule has 0 bridgehead atoms. The van der Waals surface area contributed by atoms with Gasteiger partial charge < -0.3 is 10.2 Å². The van der Waals surface area contributed by atoms with Crippen LogP contribution >= 0.6 is 0 Å². The van der Waals surface area contributed by atoms with Gasteiger partial charge in [0.15, 0.2) is 0 Å². The van der Waals surface area contributed by atoms with E-state index in [1.54, 1.807) is 6.07 Å². The van der Waals surface area contributed by atoms with Crippen LogP contribution in [0.4, 0.5) is 5.95 Å². The van der Waals surface area contributed by atoms with Gasteiger partial charge in [0.2, 0.25) is 5.95 Å². The minimum atomic E-state index is -0.166. The number of benzene rings is 1. The molecule has 0 saturated carbocycles. The van der Waals surface area contributed by atoms with Crippen LogP contribution in [-0.4, -0.2) is 29.0 Å². The van der Waals surface area contributed by atoms with Gasteiger partial charge in [-0.3, -0.25) is 4.79 Å². The Morgan fingerprint density at radius 2 is 1.80 bits per heavy atom. The molecule has 134 valence electrons. The van der Waals surface area contributed by atoms with E-state index in [-0.39, 0.29) is 5.91 Å². The third kappa shape index (κ3) is 5.55. The van der Waals surface area contributed by atoms with Crippen LogP contribution in [0.1, 0.15) is 54.0 Å². The number of hydrogen-bond acceptors (Lipinski definition) is 4. The van der Waals surface area contributed by atoms with Crippen molar-refractivity contribution in [3.63, 3.8) is 0 Å². The molecule has 2 aromatic rings. The number of anilines is 1. The zero-order valence-electron chi connectivity index (χ0n) is 15.7. The van der Waals surface area contributed by atoms with Gasteiger partial charge in [-0.2, -0.15) is 0 Å². The summed E-state index contributed by atoms with van der Waals surface area (Å²) in [5, 5.41) is 2.95. The van der Waals surface area contributed by atoms with Crippen molar-refractivity contribution >= 4 is 11.9 Å². The maximum atomic E-state index is 12.5. The number of rotatable bonds is 8. The lowest BCUT2D eigenvalue weighted by Gasteiger charge is -2.22. The Kier molecular flexibility index (Phi) is 6.92. The highest BCUT2D eigenvalue weighted by atomic mass is 16.1. The fourth-order valence-electron chi connectivity index (χ4n) is 2.76. The molecule has 0 fully saturated rings. The van der Waals surface area contributed by atoms with E-state index in [9.17, 15) is 4.79 Å². The first kappa shape index (κ1) is 18.9. The second-order valence-electron chi connectivity index (χ2n) is 6.35. The quantitative estimate of drug-likeness (QED) is 0.797. The summed E-state index contributed by atoms with van der Waals surface area (Å²) < 4.78 is 0. The van der Waals surface area contributed by atoms with Crippen molar-refractivity contribution < 1.29 is 4.79 Å². The fraction of sp³-hybridized carbons (Fsp3) is 0.450. The number of carbonyl (C=O) groups excluding carboxylic acids is 1. The van der Waals surface area contributed by atoms with Crippen molar-refractivity contribution in [1.82, 2.24) is 15.3 Å². The summed E-state index contributed by atoms with van der Waals surface area (Å²) in [6.07, 6.45) is 2.04. The van der Waals surface area contributed by atoms with Crippen molar-refractivity contribution in [3.8, 4) is 0 Å². The molecule has 0 aliphatic carbocycles. The minimum Gasteiger partial charge on any atom is -0.347 e. The molecule has 1 amide bonds. The highest BCUT2D eigenvalue weighted by Crippen LogP contribution is 2.12. The van der Waals surface area contributed by atoms with Gasteiger partial charge in [0.25, 0.3) is 5.91 Å². The zero-order chi connectivity index (χ0) is 18.2. The Bertz CT molecular complexity index is 709. The Hall–Kier alpha value is -2.43. The normalized spacial score (nSPS) is 10.6. The molecule has 0 saturated heterocycles. The molecule has 1 aromatic carbocycles. The van der Waals surface area contributed by atoms with Gasteiger partial charge in [-0.25, -0.2) is 9.97 Å². The van der Waals surface area contributed by atoms with Crippen LogP contribution in [0.25, 0.3) is 0 Å². The van der Waals surface area contributed by atoms with E-state index in [0.29, 0.717) is 18.2 Å². The number of aromatic nitrogens is 2. The Labute approximate surface area is 150 Å². The summed E-state index contributed by atoms with van der Waals surface area (Å²) in [5.41, 5.74) is 3.50. The van der Waals surface area contributed by atoms with E-state index in [1.807, 2.05) is 32.0 Å². The largest absolute Gasteiger partial charge is 0.347 e. The molecule has 2 rings (SSSR count). The molecule has 0 aliphatic rings. The smallest absolute Gasteiger partial charge is 0.270 e. The van der Waals surface area contributed by atoms with Gasteiger partial charge in [0.1, 0.15) is 5.69 Å². The number of aryl methyl sites for hydroxylation is 2. The molecule has 0 spiro atoms.